The molecule has 2 aromatic rings. The summed E-state index contributed by atoms with van der Waals surface area (Å²) in [6, 6.07) is 15.1. The van der Waals surface area contributed by atoms with Crippen LogP contribution < -0.4 is 15.0 Å². The number of benzene rings is 2. The molecule has 0 aliphatic carbocycles. The topological polar surface area (TPSA) is 61.9 Å². The predicted octanol–water partition coefficient (Wildman–Crippen LogP) is 4.96. The predicted molar refractivity (Wildman–Crippen MR) is 132 cm³/mol. The van der Waals surface area contributed by atoms with Crippen LogP contribution in [-0.2, 0) is 4.79 Å². The summed E-state index contributed by atoms with van der Waals surface area (Å²) in [5.41, 5.74) is 2.36. The Morgan fingerprint density at radius 1 is 0.909 bits per heavy atom. The maximum Gasteiger partial charge on any atom is 0.260 e. The first-order valence-electron chi connectivity index (χ1n) is 12.3. The number of anilines is 2. The molecule has 2 fully saturated rings. The van der Waals surface area contributed by atoms with Gasteiger partial charge in [-0.1, -0.05) is 31.9 Å². The summed E-state index contributed by atoms with van der Waals surface area (Å²) < 4.78 is 5.80. The number of hydrogen-bond donors (Lipinski definition) is 1. The minimum Gasteiger partial charge on any atom is -0.483 e. The fourth-order valence-electron chi connectivity index (χ4n) is 4.55. The molecule has 0 atom stereocenters. The zero-order valence-electron chi connectivity index (χ0n) is 19.6. The van der Waals surface area contributed by atoms with Crippen molar-refractivity contribution in [1.29, 1.82) is 0 Å². The monoisotopic (exact) mass is 449 g/mol. The van der Waals surface area contributed by atoms with Gasteiger partial charge in [-0.3, -0.25) is 9.59 Å². The lowest BCUT2D eigenvalue weighted by atomic mass is 9.99. The van der Waals surface area contributed by atoms with E-state index in [2.05, 4.69) is 29.3 Å². The summed E-state index contributed by atoms with van der Waals surface area (Å²) in [4.78, 5) is 29.8. The Hall–Kier alpha value is -3.02. The molecule has 2 saturated heterocycles. The van der Waals surface area contributed by atoms with Crippen LogP contribution in [0, 0.1) is 5.92 Å². The average molecular weight is 450 g/mol. The van der Waals surface area contributed by atoms with Gasteiger partial charge in [0.1, 0.15) is 5.75 Å². The lowest BCUT2D eigenvalue weighted by Crippen LogP contribution is -2.35. The molecule has 33 heavy (non-hydrogen) atoms. The van der Waals surface area contributed by atoms with Crippen molar-refractivity contribution in [3.63, 3.8) is 0 Å². The maximum atomic E-state index is 13.0. The normalized spacial score (nSPS) is 17.4. The van der Waals surface area contributed by atoms with Crippen molar-refractivity contribution in [3.8, 4) is 5.75 Å². The van der Waals surface area contributed by atoms with Crippen molar-refractivity contribution in [2.24, 2.45) is 5.92 Å². The second-order valence-corrected chi connectivity index (χ2v) is 9.25. The molecule has 2 aliphatic heterocycles. The molecule has 0 bridgehead atoms. The summed E-state index contributed by atoms with van der Waals surface area (Å²) in [6.07, 6.45) is 6.86. The number of carbonyl (C=O) groups excluding carboxylic acids is 2. The molecule has 2 amide bonds. The quantitative estimate of drug-likeness (QED) is 0.677. The summed E-state index contributed by atoms with van der Waals surface area (Å²) in [5, 5.41) is 2.96. The molecule has 0 unspecified atom stereocenters. The Kier molecular flexibility index (Phi) is 7.87. The molecule has 0 saturated carbocycles. The van der Waals surface area contributed by atoms with Crippen molar-refractivity contribution >= 4 is 23.2 Å². The van der Waals surface area contributed by atoms with Gasteiger partial charge in [-0.25, -0.2) is 0 Å². The molecule has 2 heterocycles. The molecule has 6 heteroatoms. The molecule has 176 valence electrons. The highest BCUT2D eigenvalue weighted by Crippen LogP contribution is 2.25. The highest BCUT2D eigenvalue weighted by atomic mass is 16.5. The molecular formula is C27H35N3O3. The fourth-order valence-corrected chi connectivity index (χ4v) is 4.55. The highest BCUT2D eigenvalue weighted by molar-refractivity contribution is 6.06. The number of nitrogens with zero attached hydrogens (tertiary/aromatic N) is 2. The molecule has 1 N–H and O–H groups in total. The van der Waals surface area contributed by atoms with Crippen LogP contribution in [0.3, 0.4) is 0 Å². The Morgan fingerprint density at radius 2 is 1.58 bits per heavy atom. The van der Waals surface area contributed by atoms with Gasteiger partial charge in [-0.05, 0) is 68.0 Å². The molecule has 0 radical (unpaired) electrons. The summed E-state index contributed by atoms with van der Waals surface area (Å²) in [5.74, 6) is 0.959. The summed E-state index contributed by atoms with van der Waals surface area (Å²) in [7, 11) is 0. The third-order valence-electron chi connectivity index (χ3n) is 6.72. The lowest BCUT2D eigenvalue weighted by Gasteiger charge is -2.32. The smallest absolute Gasteiger partial charge is 0.260 e. The number of amides is 2. The van der Waals surface area contributed by atoms with Crippen LogP contribution in [0.1, 0.15) is 55.8 Å². The van der Waals surface area contributed by atoms with Crippen LogP contribution in [0.15, 0.2) is 48.5 Å². The van der Waals surface area contributed by atoms with E-state index in [1.165, 1.54) is 31.4 Å². The molecule has 2 aliphatic rings. The first kappa shape index (κ1) is 23.1. The van der Waals surface area contributed by atoms with Crippen LogP contribution in [-0.4, -0.2) is 49.5 Å². The Morgan fingerprint density at radius 3 is 2.27 bits per heavy atom. The van der Waals surface area contributed by atoms with Crippen LogP contribution >= 0.6 is 0 Å². The zero-order chi connectivity index (χ0) is 23.0. The van der Waals surface area contributed by atoms with Crippen LogP contribution in [0.25, 0.3) is 0 Å². The number of carbonyl (C=O) groups is 2. The van der Waals surface area contributed by atoms with Gasteiger partial charge in [0.2, 0.25) is 0 Å². The molecule has 2 aromatic carbocycles. The molecule has 0 spiro atoms. The van der Waals surface area contributed by atoms with E-state index >= 15 is 0 Å². The second kappa shape index (κ2) is 11.2. The Bertz CT molecular complexity index is 928. The van der Waals surface area contributed by atoms with E-state index in [1.54, 1.807) is 18.2 Å². The van der Waals surface area contributed by atoms with Crippen molar-refractivity contribution < 1.29 is 14.3 Å². The van der Waals surface area contributed by atoms with Gasteiger partial charge in [0.15, 0.2) is 6.61 Å². The summed E-state index contributed by atoms with van der Waals surface area (Å²) in [6.45, 7) is 5.99. The van der Waals surface area contributed by atoms with Crippen LogP contribution in [0.2, 0.25) is 0 Å². The number of likely N-dealkylation sites (tertiary alicyclic amines) is 1. The van der Waals surface area contributed by atoms with Gasteiger partial charge in [0, 0.05) is 37.6 Å². The molecule has 6 nitrogen and oxygen atoms in total. The molecule has 0 aromatic heterocycles. The minimum absolute atomic E-state index is 0.0187. The van der Waals surface area contributed by atoms with Crippen molar-refractivity contribution in [3.05, 3.63) is 54.1 Å². The van der Waals surface area contributed by atoms with E-state index in [0.717, 1.165) is 50.6 Å². The SMILES string of the molecule is CC1CCN(c2ccc(NC(=O)c3ccccc3OCC(=O)N3CCCCCC3)cc2)CC1. The number of nitrogens with one attached hydrogen (secondary N) is 1. The van der Waals surface area contributed by atoms with Crippen molar-refractivity contribution in [2.75, 3.05) is 43.0 Å². The number of ether oxygens (including phenoxy) is 1. The van der Waals surface area contributed by atoms with E-state index in [-0.39, 0.29) is 18.4 Å². The average Bonchev–Trinajstić information content (AvgIpc) is 3.13. The van der Waals surface area contributed by atoms with Crippen molar-refractivity contribution in [1.82, 2.24) is 4.90 Å². The third-order valence-corrected chi connectivity index (χ3v) is 6.72. The van der Waals surface area contributed by atoms with Crippen LogP contribution in [0.5, 0.6) is 5.75 Å². The highest BCUT2D eigenvalue weighted by Gasteiger charge is 2.19. The van der Waals surface area contributed by atoms with E-state index in [9.17, 15) is 9.59 Å². The third kappa shape index (κ3) is 6.28. The number of piperidine rings is 1. The van der Waals surface area contributed by atoms with Gasteiger partial charge >= 0.3 is 0 Å². The van der Waals surface area contributed by atoms with E-state index < -0.39 is 0 Å². The van der Waals surface area contributed by atoms with E-state index in [1.807, 2.05) is 23.1 Å². The lowest BCUT2D eigenvalue weighted by molar-refractivity contribution is -0.133. The fraction of sp³-hybridized carbons (Fsp3) is 0.481. The first-order valence-corrected chi connectivity index (χ1v) is 12.3. The van der Waals surface area contributed by atoms with Gasteiger partial charge in [0.25, 0.3) is 11.8 Å². The number of hydrogen-bond acceptors (Lipinski definition) is 4. The first-order chi connectivity index (χ1) is 16.1. The van der Waals surface area contributed by atoms with Crippen molar-refractivity contribution in [2.45, 2.75) is 45.4 Å². The van der Waals surface area contributed by atoms with Crippen LogP contribution in [0.4, 0.5) is 11.4 Å². The minimum atomic E-state index is -0.243. The maximum absolute atomic E-state index is 13.0. The Labute approximate surface area is 196 Å². The molecule has 4 rings (SSSR count). The molecular weight excluding hydrogens is 414 g/mol. The number of rotatable bonds is 6. The Balaban J connectivity index is 1.35. The van der Waals surface area contributed by atoms with E-state index in [4.69, 9.17) is 4.74 Å². The van der Waals surface area contributed by atoms with Gasteiger partial charge < -0.3 is 19.9 Å². The number of para-hydroxylation sites is 1. The van der Waals surface area contributed by atoms with Gasteiger partial charge in [0.05, 0.1) is 5.56 Å². The van der Waals surface area contributed by atoms with Gasteiger partial charge in [-0.2, -0.15) is 0 Å². The van der Waals surface area contributed by atoms with E-state index in [0.29, 0.717) is 11.3 Å². The largest absolute Gasteiger partial charge is 0.483 e. The standard InChI is InChI=1S/C27H35N3O3/c1-21-14-18-29(19-15-21)23-12-10-22(11-13-23)28-27(32)24-8-4-5-9-25(24)33-20-26(31)30-16-6-2-3-7-17-30/h4-5,8-13,21H,2-3,6-7,14-20H2,1H3,(H,28,32). The summed E-state index contributed by atoms with van der Waals surface area (Å²) >= 11 is 0. The zero-order valence-corrected chi connectivity index (χ0v) is 19.6. The second-order valence-electron chi connectivity index (χ2n) is 9.25. The van der Waals surface area contributed by atoms with Gasteiger partial charge in [-0.15, -0.1) is 0 Å².